The van der Waals surface area contributed by atoms with Crippen molar-refractivity contribution in [2.45, 2.75) is 24.9 Å². The van der Waals surface area contributed by atoms with Gasteiger partial charge in [-0.25, -0.2) is 0 Å². The Bertz CT molecular complexity index is 444. The topological polar surface area (TPSA) is 47.7 Å². The van der Waals surface area contributed by atoms with Crippen LogP contribution < -0.4 is 10.5 Å². The van der Waals surface area contributed by atoms with E-state index in [4.69, 9.17) is 15.2 Å². The molecule has 0 bridgehead atoms. The molecule has 4 nitrogen and oxygen atoms in total. The lowest BCUT2D eigenvalue weighted by Crippen LogP contribution is -2.39. The molecule has 1 aromatic carbocycles. The van der Waals surface area contributed by atoms with Crippen LogP contribution in [0.15, 0.2) is 18.2 Å². The molecule has 3 rings (SSSR count). The van der Waals surface area contributed by atoms with Crippen molar-refractivity contribution in [2.24, 2.45) is 5.73 Å². The van der Waals surface area contributed by atoms with Crippen molar-refractivity contribution in [1.29, 1.82) is 0 Å². The zero-order valence-corrected chi connectivity index (χ0v) is 11.5. The van der Waals surface area contributed by atoms with Gasteiger partial charge in [0.05, 0.1) is 13.2 Å². The van der Waals surface area contributed by atoms with E-state index >= 15 is 0 Å². The number of benzene rings is 1. The van der Waals surface area contributed by atoms with Gasteiger partial charge in [0.2, 0.25) is 0 Å². The Balaban J connectivity index is 1.81. The Morgan fingerprint density at radius 3 is 3.05 bits per heavy atom. The minimum absolute atomic E-state index is 0.262. The van der Waals surface area contributed by atoms with E-state index in [2.05, 4.69) is 30.1 Å². The highest BCUT2D eigenvalue weighted by molar-refractivity contribution is 5.41. The number of nitrogens with two attached hydrogens (primary N) is 1. The van der Waals surface area contributed by atoms with Crippen LogP contribution in [0.2, 0.25) is 0 Å². The van der Waals surface area contributed by atoms with E-state index in [9.17, 15) is 0 Å². The van der Waals surface area contributed by atoms with E-state index in [-0.39, 0.29) is 6.04 Å². The average Bonchev–Trinajstić information content (AvgIpc) is 3.10. The van der Waals surface area contributed by atoms with Crippen molar-refractivity contribution in [3.8, 4) is 5.75 Å². The molecular weight excluding hydrogens is 240 g/mol. The van der Waals surface area contributed by atoms with Crippen LogP contribution in [0.1, 0.15) is 23.6 Å². The third-order valence-corrected chi connectivity index (χ3v) is 4.29. The summed E-state index contributed by atoms with van der Waals surface area (Å²) in [4.78, 5) is 2.37. The smallest absolute Gasteiger partial charge is 0.122 e. The van der Waals surface area contributed by atoms with Gasteiger partial charge >= 0.3 is 0 Å². The van der Waals surface area contributed by atoms with Crippen LogP contribution in [0.3, 0.4) is 0 Å². The molecule has 0 radical (unpaired) electrons. The van der Waals surface area contributed by atoms with Gasteiger partial charge in [-0.15, -0.1) is 0 Å². The molecule has 2 N–H and O–H groups in total. The van der Waals surface area contributed by atoms with Gasteiger partial charge in [0.1, 0.15) is 5.75 Å². The minimum Gasteiger partial charge on any atom is -0.493 e. The molecule has 1 fully saturated rings. The number of likely N-dealkylation sites (N-methyl/N-ethyl adjacent to an activating group) is 1. The number of nitrogens with zero attached hydrogens (tertiary/aromatic N) is 1. The molecule has 1 saturated heterocycles. The number of hydrogen-bond acceptors (Lipinski definition) is 4. The van der Waals surface area contributed by atoms with Crippen LogP contribution in [-0.2, 0) is 11.2 Å². The normalized spacial score (nSPS) is 23.4. The molecule has 0 aromatic heterocycles. The quantitative estimate of drug-likeness (QED) is 0.889. The van der Waals surface area contributed by atoms with Gasteiger partial charge in [0.15, 0.2) is 0 Å². The lowest BCUT2D eigenvalue weighted by atomic mass is 10.00. The van der Waals surface area contributed by atoms with E-state index in [1.54, 1.807) is 0 Å². The predicted octanol–water partition coefficient (Wildman–Crippen LogP) is 1.34. The van der Waals surface area contributed by atoms with Crippen LogP contribution >= 0.6 is 0 Å². The van der Waals surface area contributed by atoms with Crippen LogP contribution in [0, 0.1) is 0 Å². The van der Waals surface area contributed by atoms with Gasteiger partial charge in [0, 0.05) is 31.7 Å². The SMILES string of the molecule is CN(C1CCOC1)C(CN)c1ccc2c(c1)CCO2. The zero-order chi connectivity index (χ0) is 13.2. The fourth-order valence-corrected chi connectivity index (χ4v) is 3.05. The van der Waals surface area contributed by atoms with E-state index in [1.165, 1.54) is 11.1 Å². The van der Waals surface area contributed by atoms with E-state index in [1.807, 2.05) is 0 Å². The maximum absolute atomic E-state index is 6.00. The molecule has 2 aliphatic rings. The molecule has 0 amide bonds. The Morgan fingerprint density at radius 1 is 1.42 bits per heavy atom. The van der Waals surface area contributed by atoms with Crippen molar-refractivity contribution in [1.82, 2.24) is 4.90 Å². The Morgan fingerprint density at radius 2 is 2.32 bits per heavy atom. The minimum atomic E-state index is 0.262. The molecule has 2 heterocycles. The number of hydrogen-bond donors (Lipinski definition) is 1. The summed E-state index contributed by atoms with van der Waals surface area (Å²) in [7, 11) is 2.15. The third-order valence-electron chi connectivity index (χ3n) is 4.29. The summed E-state index contributed by atoms with van der Waals surface area (Å²) < 4.78 is 11.0. The first-order valence-corrected chi connectivity index (χ1v) is 7.05. The lowest BCUT2D eigenvalue weighted by Gasteiger charge is -2.32. The molecule has 1 aromatic rings. The van der Waals surface area contributed by atoms with E-state index in [0.29, 0.717) is 12.6 Å². The molecule has 0 spiro atoms. The Hall–Kier alpha value is -1.10. The number of ether oxygens (including phenoxy) is 2. The molecule has 2 unspecified atom stereocenters. The van der Waals surface area contributed by atoms with Crippen molar-refractivity contribution in [3.63, 3.8) is 0 Å². The standard InChI is InChI=1S/C15H22N2O2/c1-17(13-5-6-18-10-13)14(9-16)11-2-3-15-12(8-11)4-7-19-15/h2-3,8,13-14H,4-7,9-10,16H2,1H3. The van der Waals surface area contributed by atoms with Crippen molar-refractivity contribution in [2.75, 3.05) is 33.4 Å². The summed E-state index contributed by atoms with van der Waals surface area (Å²) in [6.07, 6.45) is 2.11. The molecule has 4 heteroatoms. The maximum atomic E-state index is 6.00. The van der Waals surface area contributed by atoms with Gasteiger partial charge in [-0.3, -0.25) is 4.90 Å². The highest BCUT2D eigenvalue weighted by atomic mass is 16.5. The largest absolute Gasteiger partial charge is 0.493 e. The molecule has 2 atom stereocenters. The third kappa shape index (κ3) is 2.48. The van der Waals surface area contributed by atoms with Crippen molar-refractivity contribution < 1.29 is 9.47 Å². The van der Waals surface area contributed by atoms with Gasteiger partial charge in [-0.1, -0.05) is 12.1 Å². The average molecular weight is 262 g/mol. The highest BCUT2D eigenvalue weighted by Crippen LogP contribution is 2.31. The maximum Gasteiger partial charge on any atom is 0.122 e. The predicted molar refractivity (Wildman–Crippen MR) is 74.4 cm³/mol. The van der Waals surface area contributed by atoms with Gasteiger partial charge in [-0.2, -0.15) is 0 Å². The highest BCUT2D eigenvalue weighted by Gasteiger charge is 2.27. The van der Waals surface area contributed by atoms with Crippen molar-refractivity contribution in [3.05, 3.63) is 29.3 Å². The second kappa shape index (κ2) is 5.49. The van der Waals surface area contributed by atoms with E-state index in [0.717, 1.165) is 38.4 Å². The first-order valence-electron chi connectivity index (χ1n) is 7.05. The molecule has 0 saturated carbocycles. The summed E-state index contributed by atoms with van der Waals surface area (Å²) in [6.45, 7) is 3.12. The first-order chi connectivity index (χ1) is 9.29. The lowest BCUT2D eigenvalue weighted by molar-refractivity contribution is 0.134. The molecular formula is C15H22N2O2. The van der Waals surface area contributed by atoms with Gasteiger partial charge < -0.3 is 15.2 Å². The fourth-order valence-electron chi connectivity index (χ4n) is 3.05. The van der Waals surface area contributed by atoms with Crippen LogP contribution in [-0.4, -0.2) is 44.4 Å². The molecule has 2 aliphatic heterocycles. The van der Waals surface area contributed by atoms with Gasteiger partial charge in [-0.05, 0) is 30.7 Å². The summed E-state index contributed by atoms with van der Waals surface area (Å²) >= 11 is 0. The molecule has 104 valence electrons. The van der Waals surface area contributed by atoms with Crippen molar-refractivity contribution >= 4 is 0 Å². The molecule has 19 heavy (non-hydrogen) atoms. The van der Waals surface area contributed by atoms with Gasteiger partial charge in [0.25, 0.3) is 0 Å². The summed E-state index contributed by atoms with van der Waals surface area (Å²) in [5, 5.41) is 0. The number of rotatable bonds is 4. The van der Waals surface area contributed by atoms with Crippen LogP contribution in [0.5, 0.6) is 5.75 Å². The summed E-state index contributed by atoms with van der Waals surface area (Å²) in [5.74, 6) is 1.03. The van der Waals surface area contributed by atoms with Crippen LogP contribution in [0.25, 0.3) is 0 Å². The fraction of sp³-hybridized carbons (Fsp3) is 0.600. The second-order valence-electron chi connectivity index (χ2n) is 5.40. The Labute approximate surface area is 114 Å². The number of fused-ring (bicyclic) bond motifs is 1. The van der Waals surface area contributed by atoms with Crippen LogP contribution in [0.4, 0.5) is 0 Å². The summed E-state index contributed by atoms with van der Waals surface area (Å²) in [6, 6.07) is 7.23. The second-order valence-corrected chi connectivity index (χ2v) is 5.40. The first kappa shape index (κ1) is 12.9. The Kier molecular flexibility index (Phi) is 3.73. The zero-order valence-electron chi connectivity index (χ0n) is 11.5. The summed E-state index contributed by atoms with van der Waals surface area (Å²) in [5.41, 5.74) is 8.61. The molecule has 0 aliphatic carbocycles. The monoisotopic (exact) mass is 262 g/mol. The van der Waals surface area contributed by atoms with E-state index < -0.39 is 0 Å².